The summed E-state index contributed by atoms with van der Waals surface area (Å²) in [7, 11) is 0. The van der Waals surface area contributed by atoms with E-state index in [2.05, 4.69) is 10.3 Å². The molecule has 1 aromatic carbocycles. The molecule has 0 atom stereocenters. The summed E-state index contributed by atoms with van der Waals surface area (Å²) in [6, 6.07) is 10.9. The van der Waals surface area contributed by atoms with E-state index in [0.717, 1.165) is 34.2 Å². The number of amides is 3. The molecule has 7 heteroatoms. The van der Waals surface area contributed by atoms with E-state index in [1.165, 1.54) is 0 Å². The number of hydrogen-bond donors (Lipinski definition) is 1. The molecule has 1 saturated heterocycles. The van der Waals surface area contributed by atoms with E-state index >= 15 is 0 Å². The van der Waals surface area contributed by atoms with Crippen molar-refractivity contribution >= 4 is 40.6 Å². The van der Waals surface area contributed by atoms with Gasteiger partial charge in [0.05, 0.1) is 4.91 Å². The second kappa shape index (κ2) is 7.97. The predicted octanol–water partition coefficient (Wildman–Crippen LogP) is 3.32. The van der Waals surface area contributed by atoms with Crippen LogP contribution >= 0.6 is 11.8 Å². The van der Waals surface area contributed by atoms with Crippen LogP contribution in [0.25, 0.3) is 6.08 Å². The summed E-state index contributed by atoms with van der Waals surface area (Å²) < 4.78 is 0. The van der Waals surface area contributed by atoms with E-state index in [4.69, 9.17) is 0 Å². The number of nitrogens with zero attached hydrogens (tertiary/aromatic N) is 2. The number of aromatic nitrogens is 1. The van der Waals surface area contributed by atoms with Gasteiger partial charge in [0, 0.05) is 18.1 Å². The van der Waals surface area contributed by atoms with Gasteiger partial charge in [0.1, 0.15) is 6.54 Å². The summed E-state index contributed by atoms with van der Waals surface area (Å²) in [5.74, 6) is -0.880. The number of thioether (sulfide) groups is 1. The Hall–Kier alpha value is -2.93. The molecule has 6 nitrogen and oxygen atoms in total. The minimum Gasteiger partial charge on any atom is -0.325 e. The van der Waals surface area contributed by atoms with Crippen molar-refractivity contribution in [3.05, 3.63) is 64.8 Å². The molecule has 2 aromatic rings. The first-order valence-electron chi connectivity index (χ1n) is 8.11. The predicted molar refractivity (Wildman–Crippen MR) is 101 cm³/mol. The molecular formula is C19H17N3O3S. The summed E-state index contributed by atoms with van der Waals surface area (Å²) >= 11 is 0.828. The van der Waals surface area contributed by atoms with Gasteiger partial charge in [-0.25, -0.2) is 0 Å². The van der Waals surface area contributed by atoms with E-state index in [1.54, 1.807) is 42.7 Å². The number of benzene rings is 1. The smallest absolute Gasteiger partial charge is 0.294 e. The molecule has 2 heterocycles. The number of hydrogen-bond acceptors (Lipinski definition) is 5. The highest BCUT2D eigenvalue weighted by Gasteiger charge is 2.36. The zero-order chi connectivity index (χ0) is 18.5. The molecule has 0 spiro atoms. The van der Waals surface area contributed by atoms with Crippen LogP contribution in [0, 0.1) is 0 Å². The largest absolute Gasteiger partial charge is 0.325 e. The Bertz CT molecular complexity index is 863. The SMILES string of the molecule is CCc1ccc(NC(=O)CN2C(=O)S/C(=C/c3ccncc3)C2=O)cc1. The van der Waals surface area contributed by atoms with Crippen molar-refractivity contribution in [3.8, 4) is 0 Å². The summed E-state index contributed by atoms with van der Waals surface area (Å²) in [6.07, 6.45) is 5.74. The van der Waals surface area contributed by atoms with Gasteiger partial charge < -0.3 is 5.32 Å². The van der Waals surface area contributed by atoms with Gasteiger partial charge in [-0.05, 0) is 59.7 Å². The Labute approximate surface area is 155 Å². The number of rotatable bonds is 5. The first kappa shape index (κ1) is 17.9. The van der Waals surface area contributed by atoms with Crippen LogP contribution in [0.4, 0.5) is 10.5 Å². The monoisotopic (exact) mass is 367 g/mol. The van der Waals surface area contributed by atoms with Gasteiger partial charge in [-0.1, -0.05) is 19.1 Å². The second-order valence-electron chi connectivity index (χ2n) is 5.65. The summed E-state index contributed by atoms with van der Waals surface area (Å²) in [5.41, 5.74) is 2.56. The van der Waals surface area contributed by atoms with Crippen LogP contribution in [0.2, 0.25) is 0 Å². The van der Waals surface area contributed by atoms with Crippen LogP contribution in [0.1, 0.15) is 18.1 Å². The number of carbonyl (C=O) groups is 3. The highest BCUT2D eigenvalue weighted by molar-refractivity contribution is 8.18. The highest BCUT2D eigenvalue weighted by Crippen LogP contribution is 2.31. The van der Waals surface area contributed by atoms with Crippen molar-refractivity contribution in [1.29, 1.82) is 0 Å². The summed E-state index contributed by atoms with van der Waals surface area (Å²) in [6.45, 7) is 1.74. The maximum atomic E-state index is 12.4. The van der Waals surface area contributed by atoms with Crippen molar-refractivity contribution in [2.45, 2.75) is 13.3 Å². The van der Waals surface area contributed by atoms with E-state index < -0.39 is 17.1 Å². The molecule has 0 radical (unpaired) electrons. The van der Waals surface area contributed by atoms with Crippen molar-refractivity contribution < 1.29 is 14.4 Å². The number of carbonyl (C=O) groups excluding carboxylic acids is 3. The minimum absolute atomic E-state index is 0.293. The van der Waals surface area contributed by atoms with E-state index in [9.17, 15) is 14.4 Å². The first-order valence-corrected chi connectivity index (χ1v) is 8.92. The molecular weight excluding hydrogens is 350 g/mol. The van der Waals surface area contributed by atoms with Gasteiger partial charge in [0.2, 0.25) is 5.91 Å². The standard InChI is InChI=1S/C19H17N3O3S/c1-2-13-3-5-15(6-4-13)21-17(23)12-22-18(24)16(26-19(22)25)11-14-7-9-20-10-8-14/h3-11H,2,12H2,1H3,(H,21,23)/b16-11+. The summed E-state index contributed by atoms with van der Waals surface area (Å²) in [5, 5.41) is 2.25. The van der Waals surface area contributed by atoms with Gasteiger partial charge >= 0.3 is 0 Å². The lowest BCUT2D eigenvalue weighted by Crippen LogP contribution is -2.36. The zero-order valence-electron chi connectivity index (χ0n) is 14.1. The maximum absolute atomic E-state index is 12.4. The lowest BCUT2D eigenvalue weighted by atomic mass is 10.1. The van der Waals surface area contributed by atoms with Crippen molar-refractivity contribution in [2.24, 2.45) is 0 Å². The average molecular weight is 367 g/mol. The molecule has 3 rings (SSSR count). The van der Waals surface area contributed by atoms with E-state index in [0.29, 0.717) is 10.6 Å². The van der Waals surface area contributed by atoms with Gasteiger partial charge in [0.25, 0.3) is 11.1 Å². The number of aryl methyl sites for hydroxylation is 1. The number of pyridine rings is 1. The van der Waals surface area contributed by atoms with Crippen molar-refractivity contribution in [1.82, 2.24) is 9.88 Å². The number of nitrogens with one attached hydrogen (secondary N) is 1. The van der Waals surface area contributed by atoms with Crippen molar-refractivity contribution in [2.75, 3.05) is 11.9 Å². The van der Waals surface area contributed by atoms with Crippen LogP contribution in [0.15, 0.2) is 53.7 Å². The fourth-order valence-electron chi connectivity index (χ4n) is 2.42. The molecule has 3 amide bonds. The van der Waals surface area contributed by atoms with Crippen molar-refractivity contribution in [3.63, 3.8) is 0 Å². The second-order valence-corrected chi connectivity index (χ2v) is 6.64. The lowest BCUT2D eigenvalue weighted by Gasteiger charge is -2.12. The molecule has 0 saturated carbocycles. The third-order valence-electron chi connectivity index (χ3n) is 3.83. The quantitative estimate of drug-likeness (QED) is 0.820. The van der Waals surface area contributed by atoms with E-state index in [-0.39, 0.29) is 6.54 Å². The molecule has 132 valence electrons. The Kier molecular flexibility index (Phi) is 5.48. The average Bonchev–Trinajstić information content (AvgIpc) is 2.90. The molecule has 1 aliphatic rings. The third kappa shape index (κ3) is 4.18. The first-order chi connectivity index (χ1) is 12.6. The minimum atomic E-state index is -0.465. The van der Waals surface area contributed by atoms with Gasteiger partial charge in [0.15, 0.2) is 0 Å². The van der Waals surface area contributed by atoms with Gasteiger partial charge in [-0.2, -0.15) is 0 Å². The van der Waals surface area contributed by atoms with Crippen LogP contribution in [-0.2, 0) is 16.0 Å². The van der Waals surface area contributed by atoms with E-state index in [1.807, 2.05) is 19.1 Å². The Morgan fingerprint density at radius 3 is 2.50 bits per heavy atom. The number of anilines is 1. The van der Waals surface area contributed by atoms with Gasteiger partial charge in [-0.15, -0.1) is 0 Å². The highest BCUT2D eigenvalue weighted by atomic mass is 32.2. The Morgan fingerprint density at radius 1 is 1.15 bits per heavy atom. The number of imide groups is 1. The van der Waals surface area contributed by atoms with Crippen LogP contribution in [0.5, 0.6) is 0 Å². The van der Waals surface area contributed by atoms with Gasteiger partial charge in [-0.3, -0.25) is 24.3 Å². The van der Waals surface area contributed by atoms with Crippen LogP contribution in [0.3, 0.4) is 0 Å². The topological polar surface area (TPSA) is 79.4 Å². The van der Waals surface area contributed by atoms with Crippen LogP contribution < -0.4 is 5.32 Å². The maximum Gasteiger partial charge on any atom is 0.294 e. The molecule has 1 aliphatic heterocycles. The molecule has 1 aromatic heterocycles. The summed E-state index contributed by atoms with van der Waals surface area (Å²) in [4.78, 5) is 41.8. The normalized spacial score (nSPS) is 15.6. The molecule has 0 bridgehead atoms. The van der Waals surface area contributed by atoms with Crippen LogP contribution in [-0.4, -0.2) is 33.5 Å². The molecule has 0 aliphatic carbocycles. The molecule has 1 fully saturated rings. The molecule has 26 heavy (non-hydrogen) atoms. The zero-order valence-corrected chi connectivity index (χ0v) is 15.0. The fourth-order valence-corrected chi connectivity index (χ4v) is 3.25. The molecule has 0 unspecified atom stereocenters. The Morgan fingerprint density at radius 2 is 1.85 bits per heavy atom. The molecule has 1 N–H and O–H groups in total. The fraction of sp³-hybridized carbons (Fsp3) is 0.158. The third-order valence-corrected chi connectivity index (χ3v) is 4.73. The Balaban J connectivity index is 1.65. The lowest BCUT2D eigenvalue weighted by molar-refractivity contribution is -0.127.